The van der Waals surface area contributed by atoms with E-state index in [0.29, 0.717) is 35.0 Å². The summed E-state index contributed by atoms with van der Waals surface area (Å²) >= 11 is 0. The molecule has 0 fully saturated rings. The Balaban J connectivity index is 1.90. The zero-order valence-electron chi connectivity index (χ0n) is 12.1. The lowest BCUT2D eigenvalue weighted by Crippen LogP contribution is -2.12. The molecular formula is C17H15N3O2. The molecule has 0 saturated carbocycles. The number of rotatable bonds is 4. The third kappa shape index (κ3) is 2.88. The van der Waals surface area contributed by atoms with Gasteiger partial charge in [-0.3, -0.25) is 4.79 Å². The minimum absolute atomic E-state index is 0.178. The lowest BCUT2D eigenvalue weighted by molar-refractivity contribution is 0.102. The molecule has 22 heavy (non-hydrogen) atoms. The largest absolute Gasteiger partial charge is 0.334 e. The van der Waals surface area contributed by atoms with Crippen LogP contribution in [0.15, 0.2) is 59.1 Å². The molecule has 1 heterocycles. The first-order valence-corrected chi connectivity index (χ1v) is 7.06. The molecule has 1 amide bonds. The van der Waals surface area contributed by atoms with Gasteiger partial charge in [-0.1, -0.05) is 42.4 Å². The van der Waals surface area contributed by atoms with E-state index in [1.165, 1.54) is 0 Å². The van der Waals surface area contributed by atoms with Crippen LogP contribution in [0.3, 0.4) is 0 Å². The molecule has 110 valence electrons. The fraction of sp³-hybridized carbons (Fsp3) is 0.118. The number of aryl methyl sites for hydroxylation is 1. The summed E-state index contributed by atoms with van der Waals surface area (Å²) in [5.41, 5.74) is 1.94. The number of para-hydroxylation sites is 1. The second-order valence-electron chi connectivity index (χ2n) is 4.74. The fourth-order valence-corrected chi connectivity index (χ4v) is 2.07. The van der Waals surface area contributed by atoms with Gasteiger partial charge < -0.3 is 9.84 Å². The van der Waals surface area contributed by atoms with Gasteiger partial charge in [0, 0.05) is 12.0 Å². The first kappa shape index (κ1) is 14.0. The Kier molecular flexibility index (Phi) is 3.96. The van der Waals surface area contributed by atoms with E-state index in [2.05, 4.69) is 15.5 Å². The Hall–Kier alpha value is -2.95. The minimum Gasteiger partial charge on any atom is -0.334 e. The highest BCUT2D eigenvalue weighted by Gasteiger charge is 2.14. The van der Waals surface area contributed by atoms with Crippen LogP contribution in [0.2, 0.25) is 0 Å². The van der Waals surface area contributed by atoms with Crippen LogP contribution in [0.4, 0.5) is 5.69 Å². The van der Waals surface area contributed by atoms with Crippen LogP contribution in [-0.2, 0) is 6.42 Å². The molecule has 3 aromatic rings. The lowest BCUT2D eigenvalue weighted by atomic mass is 10.1. The number of nitrogens with zero attached hydrogens (tertiary/aromatic N) is 2. The topological polar surface area (TPSA) is 68.0 Å². The van der Waals surface area contributed by atoms with E-state index in [9.17, 15) is 4.79 Å². The van der Waals surface area contributed by atoms with Gasteiger partial charge in [0.25, 0.3) is 11.8 Å². The number of hydrogen-bond acceptors (Lipinski definition) is 4. The summed E-state index contributed by atoms with van der Waals surface area (Å²) in [6, 6.07) is 16.4. The number of amides is 1. The van der Waals surface area contributed by atoms with Crippen LogP contribution in [-0.4, -0.2) is 16.0 Å². The zero-order valence-corrected chi connectivity index (χ0v) is 12.1. The third-order valence-electron chi connectivity index (χ3n) is 3.23. The first-order valence-electron chi connectivity index (χ1n) is 7.06. The van der Waals surface area contributed by atoms with Crippen molar-refractivity contribution >= 4 is 11.6 Å². The molecule has 5 nitrogen and oxygen atoms in total. The lowest BCUT2D eigenvalue weighted by Gasteiger charge is -2.08. The van der Waals surface area contributed by atoms with Crippen molar-refractivity contribution < 1.29 is 9.32 Å². The molecular weight excluding hydrogens is 278 g/mol. The van der Waals surface area contributed by atoms with Crippen molar-refractivity contribution in [3.63, 3.8) is 0 Å². The van der Waals surface area contributed by atoms with E-state index in [4.69, 9.17) is 4.52 Å². The van der Waals surface area contributed by atoms with E-state index in [1.54, 1.807) is 12.1 Å². The smallest absolute Gasteiger partial charge is 0.260 e. The molecule has 0 aliphatic heterocycles. The van der Waals surface area contributed by atoms with Gasteiger partial charge in [-0.25, -0.2) is 0 Å². The monoisotopic (exact) mass is 293 g/mol. The van der Waals surface area contributed by atoms with Crippen molar-refractivity contribution in [2.45, 2.75) is 13.3 Å². The second kappa shape index (κ2) is 6.22. The average molecular weight is 293 g/mol. The predicted molar refractivity (Wildman–Crippen MR) is 83.5 cm³/mol. The Labute approximate surface area is 128 Å². The molecule has 1 N–H and O–H groups in total. The van der Waals surface area contributed by atoms with Gasteiger partial charge in [-0.15, -0.1) is 0 Å². The zero-order chi connectivity index (χ0) is 15.4. The third-order valence-corrected chi connectivity index (χ3v) is 3.23. The minimum atomic E-state index is -0.178. The summed E-state index contributed by atoms with van der Waals surface area (Å²) in [6.45, 7) is 1.96. The molecule has 0 aliphatic carbocycles. The summed E-state index contributed by atoms with van der Waals surface area (Å²) < 4.78 is 5.26. The SMILES string of the molecule is CCc1noc(-c2ccccc2NC(=O)c2ccccc2)n1. The predicted octanol–water partition coefficient (Wildman–Crippen LogP) is 3.55. The van der Waals surface area contributed by atoms with Crippen molar-refractivity contribution in [1.29, 1.82) is 0 Å². The van der Waals surface area contributed by atoms with Gasteiger partial charge in [0.1, 0.15) is 0 Å². The van der Waals surface area contributed by atoms with Gasteiger partial charge in [0.15, 0.2) is 5.82 Å². The summed E-state index contributed by atoms with van der Waals surface area (Å²) in [5, 5.41) is 6.78. The maximum atomic E-state index is 12.3. The molecule has 3 rings (SSSR count). The van der Waals surface area contributed by atoms with E-state index < -0.39 is 0 Å². The molecule has 0 atom stereocenters. The molecule has 0 unspecified atom stereocenters. The maximum absolute atomic E-state index is 12.3. The quantitative estimate of drug-likeness (QED) is 0.798. The number of benzene rings is 2. The Morgan fingerprint density at radius 3 is 2.55 bits per heavy atom. The van der Waals surface area contributed by atoms with Crippen molar-refractivity contribution in [1.82, 2.24) is 10.1 Å². The number of carbonyl (C=O) groups excluding carboxylic acids is 1. The van der Waals surface area contributed by atoms with E-state index in [1.807, 2.05) is 49.4 Å². The van der Waals surface area contributed by atoms with Gasteiger partial charge in [0.2, 0.25) is 0 Å². The summed E-state index contributed by atoms with van der Waals surface area (Å²) in [7, 11) is 0. The number of carbonyl (C=O) groups is 1. The summed E-state index contributed by atoms with van der Waals surface area (Å²) in [6.07, 6.45) is 0.696. The molecule has 1 aromatic heterocycles. The van der Waals surface area contributed by atoms with Crippen LogP contribution >= 0.6 is 0 Å². The summed E-state index contributed by atoms with van der Waals surface area (Å²) in [5.74, 6) is 0.864. The van der Waals surface area contributed by atoms with Crippen molar-refractivity contribution in [2.75, 3.05) is 5.32 Å². The molecule has 0 saturated heterocycles. The maximum Gasteiger partial charge on any atom is 0.260 e. The van der Waals surface area contributed by atoms with Crippen molar-refractivity contribution in [2.24, 2.45) is 0 Å². The number of nitrogens with one attached hydrogen (secondary N) is 1. The second-order valence-corrected chi connectivity index (χ2v) is 4.74. The standard InChI is InChI=1S/C17H15N3O2/c1-2-15-19-17(22-20-15)13-10-6-7-11-14(13)18-16(21)12-8-4-3-5-9-12/h3-11H,2H2,1H3,(H,18,21). The fourth-order valence-electron chi connectivity index (χ4n) is 2.07. The van der Waals surface area contributed by atoms with Crippen molar-refractivity contribution in [3.05, 3.63) is 66.0 Å². The molecule has 0 spiro atoms. The normalized spacial score (nSPS) is 10.4. The average Bonchev–Trinajstić information content (AvgIpc) is 3.05. The number of aromatic nitrogens is 2. The molecule has 0 aliphatic rings. The van der Waals surface area contributed by atoms with Crippen LogP contribution in [0.1, 0.15) is 23.1 Å². The molecule has 0 bridgehead atoms. The van der Waals surface area contributed by atoms with Crippen molar-refractivity contribution in [3.8, 4) is 11.5 Å². The van der Waals surface area contributed by atoms with Crippen LogP contribution in [0, 0.1) is 0 Å². The highest BCUT2D eigenvalue weighted by molar-refractivity contribution is 6.05. The molecule has 5 heteroatoms. The molecule has 0 radical (unpaired) electrons. The Morgan fingerprint density at radius 1 is 1.09 bits per heavy atom. The van der Waals surface area contributed by atoms with E-state index in [-0.39, 0.29) is 5.91 Å². The number of hydrogen-bond donors (Lipinski definition) is 1. The van der Waals surface area contributed by atoms with Gasteiger partial charge in [-0.2, -0.15) is 4.98 Å². The van der Waals surface area contributed by atoms with Crippen LogP contribution in [0.5, 0.6) is 0 Å². The molecule has 2 aromatic carbocycles. The van der Waals surface area contributed by atoms with Crippen LogP contribution in [0.25, 0.3) is 11.5 Å². The van der Waals surface area contributed by atoms with Gasteiger partial charge in [-0.05, 0) is 24.3 Å². The van der Waals surface area contributed by atoms with Crippen LogP contribution < -0.4 is 5.32 Å². The van der Waals surface area contributed by atoms with E-state index in [0.717, 1.165) is 0 Å². The highest BCUT2D eigenvalue weighted by Crippen LogP contribution is 2.26. The number of anilines is 1. The Morgan fingerprint density at radius 2 is 1.82 bits per heavy atom. The van der Waals surface area contributed by atoms with Gasteiger partial charge in [0.05, 0.1) is 11.3 Å². The highest BCUT2D eigenvalue weighted by atomic mass is 16.5. The Bertz CT molecular complexity index is 781. The first-order chi connectivity index (χ1) is 10.8. The summed E-state index contributed by atoms with van der Waals surface area (Å²) in [4.78, 5) is 16.6. The van der Waals surface area contributed by atoms with Gasteiger partial charge >= 0.3 is 0 Å². The van der Waals surface area contributed by atoms with E-state index >= 15 is 0 Å².